The highest BCUT2D eigenvalue weighted by atomic mass is 32.2. The van der Waals surface area contributed by atoms with E-state index in [1.54, 1.807) is 7.05 Å². The van der Waals surface area contributed by atoms with E-state index in [2.05, 4.69) is 0 Å². The molecular weight excluding hydrogens is 190 g/mol. The number of nitrogens with zero attached hydrogens (tertiary/aromatic N) is 2. The van der Waals surface area contributed by atoms with Crippen LogP contribution in [0.3, 0.4) is 0 Å². The average molecular weight is 209 g/mol. The standard InChI is InChI=1S/C7H19N3O2S/c1-9(2)5-6-10(3)13(11,12)7-4-8/h4-8H2,1-3H3. The highest BCUT2D eigenvalue weighted by molar-refractivity contribution is 7.89. The number of hydrogen-bond acceptors (Lipinski definition) is 4. The summed E-state index contributed by atoms with van der Waals surface area (Å²) in [6.07, 6.45) is 0. The van der Waals surface area contributed by atoms with Crippen LogP contribution in [-0.2, 0) is 10.0 Å². The van der Waals surface area contributed by atoms with Gasteiger partial charge in [0.25, 0.3) is 0 Å². The molecule has 2 N–H and O–H groups in total. The van der Waals surface area contributed by atoms with Gasteiger partial charge in [0.05, 0.1) is 5.75 Å². The summed E-state index contributed by atoms with van der Waals surface area (Å²) < 4.78 is 24.1. The van der Waals surface area contributed by atoms with Crippen LogP contribution in [0, 0.1) is 0 Å². The number of likely N-dealkylation sites (N-methyl/N-ethyl adjacent to an activating group) is 2. The highest BCUT2D eigenvalue weighted by Crippen LogP contribution is 1.96. The molecule has 0 unspecified atom stereocenters. The van der Waals surface area contributed by atoms with Gasteiger partial charge in [-0.2, -0.15) is 0 Å². The molecule has 0 saturated carbocycles. The van der Waals surface area contributed by atoms with Crippen molar-refractivity contribution >= 4 is 10.0 Å². The molecule has 0 saturated heterocycles. The lowest BCUT2D eigenvalue weighted by Crippen LogP contribution is -2.36. The summed E-state index contributed by atoms with van der Waals surface area (Å²) in [6.45, 7) is 1.41. The van der Waals surface area contributed by atoms with Gasteiger partial charge in [0.15, 0.2) is 0 Å². The van der Waals surface area contributed by atoms with Crippen molar-refractivity contribution < 1.29 is 8.42 Å². The zero-order valence-electron chi connectivity index (χ0n) is 8.52. The van der Waals surface area contributed by atoms with Gasteiger partial charge in [0.2, 0.25) is 10.0 Å². The molecule has 0 aliphatic carbocycles. The van der Waals surface area contributed by atoms with Crippen LogP contribution in [0.15, 0.2) is 0 Å². The molecule has 0 heterocycles. The summed E-state index contributed by atoms with van der Waals surface area (Å²) >= 11 is 0. The minimum absolute atomic E-state index is 0.0247. The molecule has 0 aromatic carbocycles. The van der Waals surface area contributed by atoms with E-state index in [0.717, 1.165) is 6.54 Å². The van der Waals surface area contributed by atoms with E-state index < -0.39 is 10.0 Å². The molecule has 0 rings (SSSR count). The molecule has 13 heavy (non-hydrogen) atoms. The molecule has 6 heteroatoms. The Kier molecular flexibility index (Phi) is 5.46. The van der Waals surface area contributed by atoms with Crippen molar-refractivity contribution in [1.29, 1.82) is 0 Å². The third kappa shape index (κ3) is 5.20. The van der Waals surface area contributed by atoms with Gasteiger partial charge < -0.3 is 10.6 Å². The number of sulfonamides is 1. The summed E-state index contributed by atoms with van der Waals surface area (Å²) in [7, 11) is 2.27. The molecule has 0 bridgehead atoms. The fourth-order valence-corrected chi connectivity index (χ4v) is 1.75. The van der Waals surface area contributed by atoms with Crippen LogP contribution >= 0.6 is 0 Å². The van der Waals surface area contributed by atoms with Crippen molar-refractivity contribution in [3.05, 3.63) is 0 Å². The normalized spacial score (nSPS) is 12.8. The monoisotopic (exact) mass is 209 g/mol. The van der Waals surface area contributed by atoms with E-state index in [0.29, 0.717) is 6.54 Å². The first kappa shape index (κ1) is 12.8. The first-order valence-electron chi connectivity index (χ1n) is 4.19. The lowest BCUT2D eigenvalue weighted by atomic mass is 10.6. The van der Waals surface area contributed by atoms with Gasteiger partial charge in [0.1, 0.15) is 0 Å². The zero-order valence-corrected chi connectivity index (χ0v) is 9.34. The maximum absolute atomic E-state index is 11.4. The third-order valence-electron chi connectivity index (χ3n) is 1.71. The predicted molar refractivity (Wildman–Crippen MR) is 54.0 cm³/mol. The quantitative estimate of drug-likeness (QED) is 0.595. The topological polar surface area (TPSA) is 66.6 Å². The fraction of sp³-hybridized carbons (Fsp3) is 1.00. The maximum atomic E-state index is 11.4. The van der Waals surface area contributed by atoms with Crippen LogP contribution in [0.25, 0.3) is 0 Å². The van der Waals surface area contributed by atoms with E-state index in [-0.39, 0.29) is 12.3 Å². The molecule has 0 aliphatic heterocycles. The van der Waals surface area contributed by atoms with Gasteiger partial charge in [0, 0.05) is 26.7 Å². The SMILES string of the molecule is CN(C)CCN(C)S(=O)(=O)CCN. The van der Waals surface area contributed by atoms with Crippen molar-refractivity contribution in [2.75, 3.05) is 46.5 Å². The average Bonchev–Trinajstić information content (AvgIpc) is 1.99. The summed E-state index contributed by atoms with van der Waals surface area (Å²) in [6, 6.07) is 0. The van der Waals surface area contributed by atoms with Crippen LogP contribution in [0.1, 0.15) is 0 Å². The summed E-state index contributed by atoms with van der Waals surface area (Å²) in [5.41, 5.74) is 5.19. The summed E-state index contributed by atoms with van der Waals surface area (Å²) in [4.78, 5) is 1.94. The van der Waals surface area contributed by atoms with E-state index >= 15 is 0 Å². The zero-order chi connectivity index (χ0) is 10.5. The Bertz CT molecular complexity index is 226. The van der Waals surface area contributed by atoms with Crippen molar-refractivity contribution in [3.63, 3.8) is 0 Å². The Morgan fingerprint density at radius 1 is 1.15 bits per heavy atom. The Hall–Kier alpha value is -0.170. The highest BCUT2D eigenvalue weighted by Gasteiger charge is 2.15. The van der Waals surface area contributed by atoms with Gasteiger partial charge in [-0.3, -0.25) is 0 Å². The van der Waals surface area contributed by atoms with Gasteiger partial charge in [-0.1, -0.05) is 0 Å². The number of hydrogen-bond donors (Lipinski definition) is 1. The number of nitrogens with two attached hydrogens (primary N) is 1. The number of rotatable bonds is 6. The molecule has 80 valence electrons. The van der Waals surface area contributed by atoms with Crippen LogP contribution < -0.4 is 5.73 Å². The Morgan fingerprint density at radius 3 is 2.08 bits per heavy atom. The molecule has 0 aromatic heterocycles. The Labute approximate surface area is 80.5 Å². The van der Waals surface area contributed by atoms with Gasteiger partial charge >= 0.3 is 0 Å². The van der Waals surface area contributed by atoms with E-state index in [9.17, 15) is 8.42 Å². The van der Waals surface area contributed by atoms with Crippen LogP contribution in [-0.4, -0.2) is 64.2 Å². The Balaban J connectivity index is 4.02. The Morgan fingerprint density at radius 2 is 1.69 bits per heavy atom. The summed E-state index contributed by atoms with van der Waals surface area (Å²) in [5, 5.41) is 0. The molecule has 5 nitrogen and oxygen atoms in total. The smallest absolute Gasteiger partial charge is 0.215 e. The molecule has 0 amide bonds. The fourth-order valence-electron chi connectivity index (χ4n) is 0.785. The molecule has 0 aromatic rings. The minimum atomic E-state index is -3.12. The second kappa shape index (κ2) is 5.54. The predicted octanol–water partition coefficient (Wildman–Crippen LogP) is -1.23. The molecule has 0 radical (unpaired) electrons. The molecule has 0 aliphatic rings. The lowest BCUT2D eigenvalue weighted by molar-refractivity contribution is 0.358. The third-order valence-corrected chi connectivity index (χ3v) is 3.60. The van der Waals surface area contributed by atoms with Crippen molar-refractivity contribution in [3.8, 4) is 0 Å². The largest absolute Gasteiger partial charge is 0.329 e. The van der Waals surface area contributed by atoms with Crippen molar-refractivity contribution in [2.24, 2.45) is 5.73 Å². The van der Waals surface area contributed by atoms with Crippen LogP contribution in [0.4, 0.5) is 0 Å². The van der Waals surface area contributed by atoms with Crippen LogP contribution in [0.5, 0.6) is 0 Å². The molecule has 0 spiro atoms. The van der Waals surface area contributed by atoms with Crippen molar-refractivity contribution in [2.45, 2.75) is 0 Å². The first-order chi connectivity index (χ1) is 5.90. The van der Waals surface area contributed by atoms with E-state index in [4.69, 9.17) is 5.73 Å². The van der Waals surface area contributed by atoms with Crippen LogP contribution in [0.2, 0.25) is 0 Å². The summed E-state index contributed by atoms with van der Waals surface area (Å²) in [5.74, 6) is 0.0247. The molecule has 0 fully saturated rings. The second-order valence-corrected chi connectivity index (χ2v) is 5.42. The van der Waals surface area contributed by atoms with Gasteiger partial charge in [-0.15, -0.1) is 0 Å². The van der Waals surface area contributed by atoms with E-state index in [1.165, 1.54) is 4.31 Å². The maximum Gasteiger partial charge on any atom is 0.215 e. The van der Waals surface area contributed by atoms with E-state index in [1.807, 2.05) is 19.0 Å². The molecule has 0 atom stereocenters. The second-order valence-electron chi connectivity index (χ2n) is 3.23. The van der Waals surface area contributed by atoms with Gasteiger partial charge in [-0.25, -0.2) is 12.7 Å². The first-order valence-corrected chi connectivity index (χ1v) is 5.80. The minimum Gasteiger partial charge on any atom is -0.329 e. The van der Waals surface area contributed by atoms with Gasteiger partial charge in [-0.05, 0) is 14.1 Å². The lowest BCUT2D eigenvalue weighted by Gasteiger charge is -2.18. The molecular formula is C7H19N3O2S. The van der Waals surface area contributed by atoms with Crippen molar-refractivity contribution in [1.82, 2.24) is 9.21 Å².